The molecule has 1 aliphatic carbocycles. The zero-order chi connectivity index (χ0) is 17.8. The molecule has 1 heterocycles. The zero-order valence-corrected chi connectivity index (χ0v) is 16.3. The summed E-state index contributed by atoms with van der Waals surface area (Å²) in [6.07, 6.45) is 10.9. The Balaban J connectivity index is 1.40. The third-order valence-corrected chi connectivity index (χ3v) is 6.40. The number of likely N-dealkylation sites (tertiary alicyclic amines) is 1. The lowest BCUT2D eigenvalue weighted by Gasteiger charge is -2.28. The Hall–Kier alpha value is -1.54. The molecule has 1 aliphatic heterocycles. The standard InChI is InChI=1S/C24H33NO/c1-2-19-7-11-23(12-8-19)26-24-13-10-21-16-20(6-9-22(21)17-24)18-25-14-4-3-5-15-25/h6,9-10,13,16-17,19,23H,2-5,7-8,11-12,14-15,18H2,1H3/t19-,23-. The Bertz CT molecular complexity index is 711. The molecule has 0 radical (unpaired) electrons. The second-order valence-corrected chi connectivity index (χ2v) is 8.35. The molecule has 0 bridgehead atoms. The van der Waals surface area contributed by atoms with Crippen LogP contribution in [0.25, 0.3) is 10.8 Å². The molecule has 1 saturated heterocycles. The molecule has 2 nitrogen and oxygen atoms in total. The summed E-state index contributed by atoms with van der Waals surface area (Å²) in [4.78, 5) is 2.59. The van der Waals surface area contributed by atoms with Crippen molar-refractivity contribution in [3.8, 4) is 5.75 Å². The average molecular weight is 352 g/mol. The fourth-order valence-electron chi connectivity index (χ4n) is 4.67. The van der Waals surface area contributed by atoms with Crippen molar-refractivity contribution in [3.05, 3.63) is 42.0 Å². The number of piperidine rings is 1. The normalized spacial score (nSPS) is 24.7. The lowest BCUT2D eigenvalue weighted by molar-refractivity contribution is 0.130. The topological polar surface area (TPSA) is 12.5 Å². The van der Waals surface area contributed by atoms with Crippen molar-refractivity contribution in [2.24, 2.45) is 5.92 Å². The Morgan fingerprint density at radius 1 is 0.885 bits per heavy atom. The van der Waals surface area contributed by atoms with Gasteiger partial charge in [-0.25, -0.2) is 0 Å². The summed E-state index contributed by atoms with van der Waals surface area (Å²) in [7, 11) is 0. The Kier molecular flexibility index (Phi) is 5.79. The van der Waals surface area contributed by atoms with Crippen molar-refractivity contribution < 1.29 is 4.74 Å². The molecule has 2 fully saturated rings. The maximum atomic E-state index is 6.30. The molecule has 1 saturated carbocycles. The molecule has 0 unspecified atom stereocenters. The second kappa shape index (κ2) is 8.43. The van der Waals surface area contributed by atoms with Crippen molar-refractivity contribution in [1.29, 1.82) is 0 Å². The van der Waals surface area contributed by atoms with E-state index >= 15 is 0 Å². The monoisotopic (exact) mass is 351 g/mol. The lowest BCUT2D eigenvalue weighted by Crippen LogP contribution is -2.29. The highest BCUT2D eigenvalue weighted by Gasteiger charge is 2.21. The van der Waals surface area contributed by atoms with Gasteiger partial charge in [0.25, 0.3) is 0 Å². The number of fused-ring (bicyclic) bond motifs is 1. The minimum Gasteiger partial charge on any atom is -0.490 e. The van der Waals surface area contributed by atoms with E-state index < -0.39 is 0 Å². The molecular formula is C24H33NO. The van der Waals surface area contributed by atoms with E-state index in [1.807, 2.05) is 0 Å². The first kappa shape index (κ1) is 17.9. The molecular weight excluding hydrogens is 318 g/mol. The summed E-state index contributed by atoms with van der Waals surface area (Å²) < 4.78 is 6.30. The molecule has 0 spiro atoms. The number of benzene rings is 2. The Morgan fingerprint density at radius 3 is 2.38 bits per heavy atom. The highest BCUT2D eigenvalue weighted by Crippen LogP contribution is 2.30. The smallest absolute Gasteiger partial charge is 0.120 e. The van der Waals surface area contributed by atoms with Crippen LogP contribution in [0.2, 0.25) is 0 Å². The van der Waals surface area contributed by atoms with Crippen molar-refractivity contribution in [2.75, 3.05) is 13.1 Å². The van der Waals surface area contributed by atoms with E-state index in [1.54, 1.807) is 0 Å². The molecule has 0 aromatic heterocycles. The van der Waals surface area contributed by atoms with Gasteiger partial charge in [-0.15, -0.1) is 0 Å². The molecule has 140 valence electrons. The highest BCUT2D eigenvalue weighted by molar-refractivity contribution is 5.84. The predicted octanol–water partition coefficient (Wildman–Crippen LogP) is 6.17. The molecule has 2 aromatic carbocycles. The van der Waals surface area contributed by atoms with Gasteiger partial charge in [0.05, 0.1) is 6.10 Å². The van der Waals surface area contributed by atoms with Crippen LogP contribution < -0.4 is 4.74 Å². The number of ether oxygens (including phenoxy) is 1. The van der Waals surface area contributed by atoms with Crippen LogP contribution in [0, 0.1) is 5.92 Å². The maximum Gasteiger partial charge on any atom is 0.120 e. The van der Waals surface area contributed by atoms with Crippen LogP contribution in [0.4, 0.5) is 0 Å². The molecule has 26 heavy (non-hydrogen) atoms. The Labute approximate surface area is 158 Å². The van der Waals surface area contributed by atoms with Crippen LogP contribution in [0.15, 0.2) is 36.4 Å². The Morgan fingerprint density at radius 2 is 1.62 bits per heavy atom. The first-order valence-corrected chi connectivity index (χ1v) is 10.7. The quantitative estimate of drug-likeness (QED) is 0.638. The maximum absolute atomic E-state index is 6.30. The molecule has 4 rings (SSSR count). The van der Waals surface area contributed by atoms with Gasteiger partial charge >= 0.3 is 0 Å². The molecule has 0 amide bonds. The predicted molar refractivity (Wildman–Crippen MR) is 110 cm³/mol. The summed E-state index contributed by atoms with van der Waals surface area (Å²) in [5.41, 5.74) is 1.44. The minimum atomic E-state index is 0.411. The molecule has 2 heteroatoms. The van der Waals surface area contributed by atoms with Gasteiger partial charge in [0, 0.05) is 6.54 Å². The van der Waals surface area contributed by atoms with Crippen molar-refractivity contribution >= 4 is 10.8 Å². The van der Waals surface area contributed by atoms with Crippen LogP contribution >= 0.6 is 0 Å². The van der Waals surface area contributed by atoms with Crippen LogP contribution in [0.1, 0.15) is 63.9 Å². The molecule has 2 aromatic rings. The van der Waals surface area contributed by atoms with Gasteiger partial charge in [-0.2, -0.15) is 0 Å². The molecule has 2 aliphatic rings. The van der Waals surface area contributed by atoms with Crippen molar-refractivity contribution in [3.63, 3.8) is 0 Å². The fraction of sp³-hybridized carbons (Fsp3) is 0.583. The fourth-order valence-corrected chi connectivity index (χ4v) is 4.67. The minimum absolute atomic E-state index is 0.411. The van der Waals surface area contributed by atoms with Gasteiger partial charge < -0.3 is 4.74 Å². The van der Waals surface area contributed by atoms with Gasteiger partial charge in [-0.3, -0.25) is 4.90 Å². The number of hydrogen-bond acceptors (Lipinski definition) is 2. The number of rotatable bonds is 5. The third-order valence-electron chi connectivity index (χ3n) is 6.40. The lowest BCUT2D eigenvalue weighted by atomic mass is 9.86. The van der Waals surface area contributed by atoms with E-state index in [-0.39, 0.29) is 0 Å². The van der Waals surface area contributed by atoms with E-state index in [4.69, 9.17) is 4.74 Å². The van der Waals surface area contributed by atoms with Gasteiger partial charge in [-0.1, -0.05) is 38.0 Å². The third kappa shape index (κ3) is 4.40. The van der Waals surface area contributed by atoms with Gasteiger partial charge in [-0.05, 0) is 92.1 Å². The van der Waals surface area contributed by atoms with Crippen LogP contribution in [-0.2, 0) is 6.54 Å². The zero-order valence-electron chi connectivity index (χ0n) is 16.3. The van der Waals surface area contributed by atoms with E-state index in [0.29, 0.717) is 6.10 Å². The SMILES string of the molecule is CC[C@H]1CC[C@H](Oc2ccc3cc(CN4CCCCC4)ccc3c2)CC1. The highest BCUT2D eigenvalue weighted by atomic mass is 16.5. The van der Waals surface area contributed by atoms with Gasteiger partial charge in [0.15, 0.2) is 0 Å². The molecule has 0 atom stereocenters. The summed E-state index contributed by atoms with van der Waals surface area (Å²) >= 11 is 0. The summed E-state index contributed by atoms with van der Waals surface area (Å²) in [5, 5.41) is 2.63. The average Bonchev–Trinajstić information content (AvgIpc) is 2.69. The molecule has 0 N–H and O–H groups in total. The summed E-state index contributed by atoms with van der Waals surface area (Å²) in [5.74, 6) is 1.96. The summed E-state index contributed by atoms with van der Waals surface area (Å²) in [6.45, 7) is 5.92. The van der Waals surface area contributed by atoms with E-state index in [1.165, 1.54) is 80.8 Å². The largest absolute Gasteiger partial charge is 0.490 e. The summed E-state index contributed by atoms with van der Waals surface area (Å²) in [6, 6.07) is 13.6. The van der Waals surface area contributed by atoms with Crippen LogP contribution in [0.3, 0.4) is 0 Å². The van der Waals surface area contributed by atoms with Crippen LogP contribution in [-0.4, -0.2) is 24.1 Å². The van der Waals surface area contributed by atoms with Gasteiger partial charge in [0.1, 0.15) is 5.75 Å². The van der Waals surface area contributed by atoms with Crippen molar-refractivity contribution in [2.45, 2.75) is 70.9 Å². The van der Waals surface area contributed by atoms with E-state index in [9.17, 15) is 0 Å². The van der Waals surface area contributed by atoms with E-state index in [0.717, 1.165) is 18.2 Å². The first-order valence-electron chi connectivity index (χ1n) is 10.7. The number of hydrogen-bond donors (Lipinski definition) is 0. The van der Waals surface area contributed by atoms with E-state index in [2.05, 4.69) is 48.2 Å². The van der Waals surface area contributed by atoms with Crippen molar-refractivity contribution in [1.82, 2.24) is 4.90 Å². The van der Waals surface area contributed by atoms with Gasteiger partial charge in [0.2, 0.25) is 0 Å². The van der Waals surface area contributed by atoms with Crippen LogP contribution in [0.5, 0.6) is 5.75 Å². The second-order valence-electron chi connectivity index (χ2n) is 8.35. The first-order chi connectivity index (χ1) is 12.8. The number of nitrogens with zero attached hydrogens (tertiary/aromatic N) is 1.